The van der Waals surface area contributed by atoms with Gasteiger partial charge in [0.25, 0.3) is 0 Å². The molecule has 39 heavy (non-hydrogen) atoms. The maximum atomic E-state index is 13.5. The lowest BCUT2D eigenvalue weighted by atomic mass is 9.98. The number of oxazole rings is 1. The Bertz CT molecular complexity index is 1690. The van der Waals surface area contributed by atoms with Crippen LogP contribution in [0.2, 0.25) is 0 Å². The van der Waals surface area contributed by atoms with Crippen molar-refractivity contribution >= 4 is 10.8 Å². The van der Waals surface area contributed by atoms with Crippen molar-refractivity contribution in [2.45, 2.75) is 24.9 Å². The van der Waals surface area contributed by atoms with Crippen molar-refractivity contribution in [2.24, 2.45) is 0 Å². The predicted octanol–water partition coefficient (Wildman–Crippen LogP) is 6.64. The van der Waals surface area contributed by atoms with Crippen molar-refractivity contribution in [3.8, 4) is 45.3 Å². The van der Waals surface area contributed by atoms with Crippen LogP contribution in [0.4, 0.5) is 13.2 Å². The van der Waals surface area contributed by atoms with Gasteiger partial charge in [0, 0.05) is 58.5 Å². The molecule has 0 aliphatic carbocycles. The van der Waals surface area contributed by atoms with Crippen LogP contribution in [-0.4, -0.2) is 37.1 Å². The topological polar surface area (TPSA) is 83.0 Å². The second-order valence-electron chi connectivity index (χ2n) is 8.75. The first-order valence-electron chi connectivity index (χ1n) is 11.7. The number of rotatable bonds is 6. The molecule has 0 saturated carbocycles. The summed E-state index contributed by atoms with van der Waals surface area (Å²) in [5.74, 6) is 1.35. The number of methoxy groups -OCH3 is 1. The molecule has 0 radical (unpaired) electrons. The summed E-state index contributed by atoms with van der Waals surface area (Å²) in [5.41, 5.74) is 2.55. The highest BCUT2D eigenvalue weighted by Crippen LogP contribution is 2.39. The van der Waals surface area contributed by atoms with Gasteiger partial charge in [0.1, 0.15) is 11.5 Å². The summed E-state index contributed by atoms with van der Waals surface area (Å²) < 4.78 is 65.2. The van der Waals surface area contributed by atoms with Crippen LogP contribution in [0.3, 0.4) is 0 Å². The first kappa shape index (κ1) is 26.4. The van der Waals surface area contributed by atoms with E-state index in [4.69, 9.17) is 9.15 Å². The molecule has 0 amide bonds. The molecule has 1 unspecified atom stereocenters. The van der Waals surface area contributed by atoms with Crippen molar-refractivity contribution < 1.29 is 26.5 Å². The van der Waals surface area contributed by atoms with E-state index in [1.54, 1.807) is 49.7 Å². The molecular formula is C28H23F3N4O3S. The number of pyridine rings is 1. The highest BCUT2D eigenvalue weighted by molar-refractivity contribution is 7.84. The van der Waals surface area contributed by atoms with E-state index in [2.05, 4.69) is 15.0 Å². The van der Waals surface area contributed by atoms with Gasteiger partial charge in [-0.2, -0.15) is 13.2 Å². The van der Waals surface area contributed by atoms with Gasteiger partial charge in [-0.1, -0.05) is 18.2 Å². The number of nitrogens with zero attached hydrogens (tertiary/aromatic N) is 4. The van der Waals surface area contributed by atoms with Gasteiger partial charge < -0.3 is 13.7 Å². The Morgan fingerprint density at radius 3 is 2.36 bits per heavy atom. The SMILES string of the molecule is COc1ccc(-c2oc(C)nc2-c2cc(-c3cccc(S(C)=O)c3)ccc2-n2cc(C(F)(F)F)nc2C)cn1. The van der Waals surface area contributed by atoms with Crippen LogP contribution in [0, 0.1) is 13.8 Å². The third-order valence-corrected chi connectivity index (χ3v) is 7.04. The van der Waals surface area contributed by atoms with Gasteiger partial charge in [-0.15, -0.1) is 0 Å². The smallest absolute Gasteiger partial charge is 0.434 e. The number of alkyl halides is 3. The van der Waals surface area contributed by atoms with Gasteiger partial charge in [-0.05, 0) is 48.4 Å². The average molecular weight is 553 g/mol. The number of aryl methyl sites for hydroxylation is 2. The zero-order valence-corrected chi connectivity index (χ0v) is 22.2. The van der Waals surface area contributed by atoms with Crippen molar-refractivity contribution in [1.29, 1.82) is 0 Å². The summed E-state index contributed by atoms with van der Waals surface area (Å²) >= 11 is 0. The lowest BCUT2D eigenvalue weighted by Gasteiger charge is -2.14. The molecule has 0 aliphatic heterocycles. The second kappa shape index (κ2) is 10.1. The lowest BCUT2D eigenvalue weighted by Crippen LogP contribution is -2.05. The highest BCUT2D eigenvalue weighted by Gasteiger charge is 2.35. The van der Waals surface area contributed by atoms with Crippen LogP contribution in [0.1, 0.15) is 17.4 Å². The van der Waals surface area contributed by atoms with Gasteiger partial charge in [0.15, 0.2) is 17.3 Å². The van der Waals surface area contributed by atoms with Gasteiger partial charge >= 0.3 is 6.18 Å². The summed E-state index contributed by atoms with van der Waals surface area (Å²) in [7, 11) is 0.321. The molecule has 3 aromatic heterocycles. The maximum Gasteiger partial charge on any atom is 0.434 e. The number of imidazole rings is 1. The van der Waals surface area contributed by atoms with Gasteiger partial charge in [-0.25, -0.2) is 15.0 Å². The van der Waals surface area contributed by atoms with E-state index in [9.17, 15) is 17.4 Å². The number of hydrogen-bond donors (Lipinski definition) is 0. The number of halogens is 3. The van der Waals surface area contributed by atoms with E-state index < -0.39 is 22.7 Å². The Morgan fingerprint density at radius 1 is 0.974 bits per heavy atom. The van der Waals surface area contributed by atoms with Crippen LogP contribution >= 0.6 is 0 Å². The summed E-state index contributed by atoms with van der Waals surface area (Å²) in [6, 6.07) is 16.1. The van der Waals surface area contributed by atoms with Gasteiger partial charge in [0.05, 0.1) is 12.8 Å². The van der Waals surface area contributed by atoms with E-state index in [1.807, 2.05) is 24.3 Å². The van der Waals surface area contributed by atoms with Crippen LogP contribution in [0.25, 0.3) is 39.4 Å². The van der Waals surface area contributed by atoms with Crippen molar-refractivity contribution in [1.82, 2.24) is 19.5 Å². The Labute approximate surface area is 224 Å². The number of ether oxygens (including phenoxy) is 1. The molecule has 7 nitrogen and oxygen atoms in total. The van der Waals surface area contributed by atoms with Gasteiger partial charge in [0.2, 0.25) is 5.88 Å². The fourth-order valence-corrected chi connectivity index (χ4v) is 4.83. The molecular weight excluding hydrogens is 529 g/mol. The molecule has 0 bridgehead atoms. The molecule has 0 N–H and O–H groups in total. The number of hydrogen-bond acceptors (Lipinski definition) is 6. The Balaban J connectivity index is 1.75. The van der Waals surface area contributed by atoms with Crippen LogP contribution in [0.15, 0.2) is 76.3 Å². The minimum absolute atomic E-state index is 0.160. The van der Waals surface area contributed by atoms with Crippen LogP contribution < -0.4 is 4.74 Å². The lowest BCUT2D eigenvalue weighted by molar-refractivity contribution is -0.141. The van der Waals surface area contributed by atoms with E-state index in [-0.39, 0.29) is 5.82 Å². The molecule has 0 fully saturated rings. The normalized spacial score (nSPS) is 12.5. The zero-order valence-electron chi connectivity index (χ0n) is 21.4. The summed E-state index contributed by atoms with van der Waals surface area (Å²) in [6.07, 6.45) is -0.454. The molecule has 5 aromatic rings. The molecule has 0 spiro atoms. The molecule has 1 atom stereocenters. The predicted molar refractivity (Wildman–Crippen MR) is 141 cm³/mol. The fourth-order valence-electron chi connectivity index (χ4n) is 4.26. The zero-order chi connectivity index (χ0) is 27.9. The standard InChI is InChI=1S/C28H23F3N4O3S/c1-16-33-24(28(29,30)31)15-35(16)23-10-8-19(18-6-5-7-21(12-18)39(4)36)13-22(23)26-27(38-17(2)34-26)20-9-11-25(37-3)32-14-20/h5-15H,1-4H3. The minimum atomic E-state index is -4.60. The molecule has 0 aliphatic rings. The van der Waals surface area contributed by atoms with E-state index >= 15 is 0 Å². The molecule has 3 heterocycles. The van der Waals surface area contributed by atoms with Crippen molar-refractivity contribution in [3.05, 3.63) is 84.4 Å². The fraction of sp³-hybridized carbons (Fsp3) is 0.179. The average Bonchev–Trinajstić information content (AvgIpc) is 3.51. The van der Waals surface area contributed by atoms with Crippen molar-refractivity contribution in [3.63, 3.8) is 0 Å². The summed E-state index contributed by atoms with van der Waals surface area (Å²) in [6.45, 7) is 3.20. The Morgan fingerprint density at radius 2 is 1.72 bits per heavy atom. The van der Waals surface area contributed by atoms with E-state index in [1.165, 1.54) is 18.6 Å². The third-order valence-electron chi connectivity index (χ3n) is 6.12. The first-order chi connectivity index (χ1) is 18.5. The third kappa shape index (κ3) is 5.22. The number of benzene rings is 2. The maximum absolute atomic E-state index is 13.5. The molecule has 200 valence electrons. The molecule has 5 rings (SSSR count). The monoisotopic (exact) mass is 552 g/mol. The van der Waals surface area contributed by atoms with E-state index in [0.29, 0.717) is 44.9 Å². The first-order valence-corrected chi connectivity index (χ1v) is 13.3. The number of aromatic nitrogens is 4. The molecule has 2 aromatic carbocycles. The summed E-state index contributed by atoms with van der Waals surface area (Å²) in [4.78, 5) is 13.3. The largest absolute Gasteiger partial charge is 0.481 e. The Hall–Kier alpha value is -4.25. The highest BCUT2D eigenvalue weighted by atomic mass is 32.2. The molecule has 0 saturated heterocycles. The second-order valence-corrected chi connectivity index (χ2v) is 10.1. The van der Waals surface area contributed by atoms with Crippen LogP contribution in [0.5, 0.6) is 5.88 Å². The van der Waals surface area contributed by atoms with Gasteiger partial charge in [-0.3, -0.25) is 4.21 Å². The summed E-state index contributed by atoms with van der Waals surface area (Å²) in [5, 5.41) is 0. The Kier molecular flexibility index (Phi) is 6.85. The molecule has 11 heteroatoms. The van der Waals surface area contributed by atoms with E-state index in [0.717, 1.165) is 17.3 Å². The minimum Gasteiger partial charge on any atom is -0.481 e. The quantitative estimate of drug-likeness (QED) is 0.235. The van der Waals surface area contributed by atoms with Crippen LogP contribution in [-0.2, 0) is 17.0 Å². The van der Waals surface area contributed by atoms with Crippen molar-refractivity contribution in [2.75, 3.05) is 13.4 Å².